The lowest BCUT2D eigenvalue weighted by molar-refractivity contribution is 0.0837. The Morgan fingerprint density at radius 1 is 1.05 bits per heavy atom. The molecule has 1 aromatic carbocycles. The highest BCUT2D eigenvalue weighted by Gasteiger charge is 2.23. The average molecular weight is 277 g/mol. The van der Waals surface area contributed by atoms with Crippen LogP contribution in [-0.4, -0.2) is 18.7 Å². The maximum absolute atomic E-state index is 6.19. The Bertz CT molecular complexity index is 360. The van der Waals surface area contributed by atoms with Crippen molar-refractivity contribution in [2.24, 2.45) is 0 Å². The van der Waals surface area contributed by atoms with E-state index in [-0.39, 0.29) is 5.60 Å². The molecule has 0 saturated heterocycles. The maximum atomic E-state index is 6.19. The summed E-state index contributed by atoms with van der Waals surface area (Å²) in [6, 6.07) is 8.61. The molecule has 0 amide bonds. The number of aryl methyl sites for hydroxylation is 1. The van der Waals surface area contributed by atoms with Gasteiger partial charge in [-0.3, -0.25) is 0 Å². The molecule has 1 unspecified atom stereocenters. The van der Waals surface area contributed by atoms with Crippen molar-refractivity contribution < 1.29 is 4.74 Å². The average Bonchev–Trinajstić information content (AvgIpc) is 2.47. The molecule has 0 saturated carbocycles. The number of hydrogen-bond donors (Lipinski definition) is 1. The van der Waals surface area contributed by atoms with Gasteiger partial charge in [-0.05, 0) is 56.8 Å². The Labute approximate surface area is 124 Å². The van der Waals surface area contributed by atoms with E-state index in [1.165, 1.54) is 24.8 Å². The maximum Gasteiger partial charge on any atom is 0.120 e. The third-order valence-corrected chi connectivity index (χ3v) is 3.78. The molecule has 0 spiro atoms. The van der Waals surface area contributed by atoms with E-state index in [9.17, 15) is 0 Å². The van der Waals surface area contributed by atoms with Crippen LogP contribution in [0.5, 0.6) is 5.75 Å². The molecule has 0 aliphatic carbocycles. The lowest BCUT2D eigenvalue weighted by atomic mass is 10.0. The van der Waals surface area contributed by atoms with Gasteiger partial charge in [0.2, 0.25) is 0 Å². The summed E-state index contributed by atoms with van der Waals surface area (Å²) in [5.74, 6) is 0.980. The van der Waals surface area contributed by atoms with E-state index in [1.807, 2.05) is 0 Å². The monoisotopic (exact) mass is 277 g/mol. The number of hydrogen-bond acceptors (Lipinski definition) is 2. The van der Waals surface area contributed by atoms with E-state index in [0.29, 0.717) is 0 Å². The quantitative estimate of drug-likeness (QED) is 0.632. The fraction of sp³-hybridized carbons (Fsp3) is 0.667. The van der Waals surface area contributed by atoms with E-state index in [2.05, 4.69) is 57.3 Å². The molecule has 114 valence electrons. The smallest absolute Gasteiger partial charge is 0.120 e. The normalized spacial score (nSPS) is 14.0. The second-order valence-electron chi connectivity index (χ2n) is 5.83. The van der Waals surface area contributed by atoms with Gasteiger partial charge in [0.15, 0.2) is 0 Å². The van der Waals surface area contributed by atoms with Crippen LogP contribution in [-0.2, 0) is 6.42 Å². The van der Waals surface area contributed by atoms with Gasteiger partial charge in [-0.2, -0.15) is 0 Å². The minimum Gasteiger partial charge on any atom is -0.486 e. The zero-order valence-electron chi connectivity index (χ0n) is 13.7. The molecule has 0 fully saturated rings. The lowest BCUT2D eigenvalue weighted by Gasteiger charge is -2.30. The van der Waals surface area contributed by atoms with Crippen LogP contribution in [0.15, 0.2) is 24.3 Å². The van der Waals surface area contributed by atoms with E-state index in [0.717, 1.165) is 31.7 Å². The van der Waals surface area contributed by atoms with Gasteiger partial charge in [-0.1, -0.05) is 39.3 Å². The molecule has 0 aliphatic rings. The molecular weight excluding hydrogens is 246 g/mol. The van der Waals surface area contributed by atoms with Crippen LogP contribution in [0.25, 0.3) is 0 Å². The van der Waals surface area contributed by atoms with Crippen molar-refractivity contribution in [3.63, 3.8) is 0 Å². The topological polar surface area (TPSA) is 21.3 Å². The van der Waals surface area contributed by atoms with Gasteiger partial charge in [-0.15, -0.1) is 0 Å². The molecule has 2 heteroatoms. The largest absolute Gasteiger partial charge is 0.486 e. The molecule has 2 nitrogen and oxygen atoms in total. The first kappa shape index (κ1) is 17.0. The summed E-state index contributed by atoms with van der Waals surface area (Å²) >= 11 is 0. The number of benzene rings is 1. The van der Waals surface area contributed by atoms with Crippen LogP contribution in [0.1, 0.15) is 58.9 Å². The summed E-state index contributed by atoms with van der Waals surface area (Å²) in [7, 11) is 0. The molecule has 0 heterocycles. The van der Waals surface area contributed by atoms with Gasteiger partial charge < -0.3 is 10.1 Å². The number of unbranched alkanes of at least 4 members (excludes halogenated alkanes) is 1. The van der Waals surface area contributed by atoms with Crippen molar-refractivity contribution >= 4 is 0 Å². The zero-order valence-corrected chi connectivity index (χ0v) is 13.7. The van der Waals surface area contributed by atoms with E-state index < -0.39 is 0 Å². The Morgan fingerprint density at radius 2 is 1.75 bits per heavy atom. The summed E-state index contributed by atoms with van der Waals surface area (Å²) in [6.45, 7) is 10.7. The Morgan fingerprint density at radius 3 is 2.30 bits per heavy atom. The van der Waals surface area contributed by atoms with Gasteiger partial charge in [0.05, 0.1) is 0 Å². The fourth-order valence-corrected chi connectivity index (χ4v) is 2.15. The van der Waals surface area contributed by atoms with Crippen molar-refractivity contribution in [1.82, 2.24) is 5.32 Å². The van der Waals surface area contributed by atoms with Crippen LogP contribution in [0.4, 0.5) is 0 Å². The van der Waals surface area contributed by atoms with Crippen LogP contribution in [0.2, 0.25) is 0 Å². The van der Waals surface area contributed by atoms with Gasteiger partial charge in [0, 0.05) is 6.54 Å². The minimum atomic E-state index is -0.125. The Balaban J connectivity index is 2.55. The third kappa shape index (κ3) is 5.96. The molecule has 0 bridgehead atoms. The second kappa shape index (κ2) is 9.02. The predicted molar refractivity (Wildman–Crippen MR) is 87.5 cm³/mol. The molecule has 1 aromatic rings. The lowest BCUT2D eigenvalue weighted by Crippen LogP contribution is -2.42. The van der Waals surface area contributed by atoms with Crippen LogP contribution >= 0.6 is 0 Å². The first-order valence-electron chi connectivity index (χ1n) is 8.12. The standard InChI is InChI=1S/C18H31NO/c1-5-8-9-16-10-12-17(13-11-16)20-18(4,7-3)15-19-14-6-2/h10-13,19H,5-9,14-15H2,1-4H3. The predicted octanol–water partition coefficient (Wildman–Crippen LogP) is 4.58. The minimum absolute atomic E-state index is 0.125. The highest BCUT2D eigenvalue weighted by Crippen LogP contribution is 2.22. The number of nitrogens with one attached hydrogen (secondary N) is 1. The molecule has 1 atom stereocenters. The van der Waals surface area contributed by atoms with Gasteiger partial charge in [0.25, 0.3) is 0 Å². The van der Waals surface area contributed by atoms with Crippen molar-refractivity contribution in [3.8, 4) is 5.75 Å². The molecule has 1 N–H and O–H groups in total. The molecule has 1 rings (SSSR count). The van der Waals surface area contributed by atoms with Crippen molar-refractivity contribution in [2.75, 3.05) is 13.1 Å². The molecule has 0 radical (unpaired) electrons. The van der Waals surface area contributed by atoms with E-state index in [1.54, 1.807) is 0 Å². The first-order chi connectivity index (χ1) is 9.63. The third-order valence-electron chi connectivity index (χ3n) is 3.78. The Hall–Kier alpha value is -1.02. The molecule has 0 aromatic heterocycles. The summed E-state index contributed by atoms with van der Waals surface area (Å²) in [5.41, 5.74) is 1.28. The summed E-state index contributed by atoms with van der Waals surface area (Å²) in [4.78, 5) is 0. The summed E-state index contributed by atoms with van der Waals surface area (Å²) < 4.78 is 6.19. The van der Waals surface area contributed by atoms with Crippen molar-refractivity contribution in [1.29, 1.82) is 0 Å². The van der Waals surface area contributed by atoms with E-state index >= 15 is 0 Å². The van der Waals surface area contributed by atoms with Crippen molar-refractivity contribution in [2.45, 2.75) is 65.4 Å². The SMILES string of the molecule is CCCCc1ccc(OC(C)(CC)CNCCC)cc1. The zero-order chi connectivity index (χ0) is 14.8. The van der Waals surface area contributed by atoms with Crippen LogP contribution in [0, 0.1) is 0 Å². The first-order valence-corrected chi connectivity index (χ1v) is 8.12. The van der Waals surface area contributed by atoms with Gasteiger partial charge in [0.1, 0.15) is 11.4 Å². The highest BCUT2D eigenvalue weighted by atomic mass is 16.5. The molecule has 0 aliphatic heterocycles. The molecule has 20 heavy (non-hydrogen) atoms. The Kier molecular flexibility index (Phi) is 7.68. The number of ether oxygens (including phenoxy) is 1. The number of rotatable bonds is 10. The molecular formula is C18H31NO. The summed E-state index contributed by atoms with van der Waals surface area (Å²) in [6.07, 6.45) is 5.83. The summed E-state index contributed by atoms with van der Waals surface area (Å²) in [5, 5.41) is 3.46. The van der Waals surface area contributed by atoms with Gasteiger partial charge in [-0.25, -0.2) is 0 Å². The van der Waals surface area contributed by atoms with Crippen LogP contribution < -0.4 is 10.1 Å². The van der Waals surface area contributed by atoms with Crippen LogP contribution in [0.3, 0.4) is 0 Å². The second-order valence-corrected chi connectivity index (χ2v) is 5.83. The highest BCUT2D eigenvalue weighted by molar-refractivity contribution is 5.28. The van der Waals surface area contributed by atoms with E-state index in [4.69, 9.17) is 4.74 Å². The fourth-order valence-electron chi connectivity index (χ4n) is 2.15. The van der Waals surface area contributed by atoms with Gasteiger partial charge >= 0.3 is 0 Å². The van der Waals surface area contributed by atoms with Crippen molar-refractivity contribution in [3.05, 3.63) is 29.8 Å².